The summed E-state index contributed by atoms with van der Waals surface area (Å²) < 4.78 is 93.6. The Kier molecular flexibility index (Phi) is 7.27. The van der Waals surface area contributed by atoms with Gasteiger partial charge in [0.15, 0.2) is 0 Å². The molecule has 1 atom stereocenters. The van der Waals surface area contributed by atoms with Crippen molar-refractivity contribution in [2.45, 2.75) is 18.5 Å². The third-order valence-corrected chi connectivity index (χ3v) is 4.05. The quantitative estimate of drug-likeness (QED) is 0.505. The number of carbonyl (C=O) groups is 2. The maximum atomic E-state index is 13.5. The van der Waals surface area contributed by atoms with Crippen LogP contribution >= 0.6 is 23.2 Å². The summed E-state index contributed by atoms with van der Waals surface area (Å²) in [5.74, 6) is -3.16. The van der Waals surface area contributed by atoms with E-state index in [9.17, 15) is 40.3 Å². The summed E-state index contributed by atoms with van der Waals surface area (Å²) in [6, 6.07) is 4.67. The molecule has 0 aliphatic carbocycles. The Labute approximate surface area is 179 Å². The summed E-state index contributed by atoms with van der Waals surface area (Å²) in [4.78, 5) is 23.8. The Morgan fingerprint density at radius 2 is 1.61 bits per heavy atom. The van der Waals surface area contributed by atoms with Crippen LogP contribution in [0, 0.1) is 5.82 Å². The van der Waals surface area contributed by atoms with Crippen LogP contribution in [0.4, 0.5) is 41.2 Å². The van der Waals surface area contributed by atoms with Gasteiger partial charge in [-0.15, -0.1) is 0 Å². The van der Waals surface area contributed by atoms with Gasteiger partial charge in [-0.25, -0.2) is 13.6 Å². The predicted molar refractivity (Wildman–Crippen MR) is 95.9 cm³/mol. The Bertz CT molecular complexity index is 1000. The van der Waals surface area contributed by atoms with E-state index in [2.05, 4.69) is 4.74 Å². The van der Waals surface area contributed by atoms with Gasteiger partial charge in [-0.05, 0) is 18.2 Å². The molecule has 0 heterocycles. The molecule has 0 aromatic heterocycles. The number of imide groups is 1. The molecule has 1 unspecified atom stereocenters. The molecule has 2 N–H and O–H groups in total. The molecule has 0 spiro atoms. The van der Waals surface area contributed by atoms with Crippen LogP contribution in [-0.2, 0) is 0 Å². The van der Waals surface area contributed by atoms with Crippen molar-refractivity contribution in [3.8, 4) is 5.75 Å². The molecular formula is C17H9Cl2F7N2O3. The number of benzene rings is 2. The van der Waals surface area contributed by atoms with Gasteiger partial charge in [0.25, 0.3) is 12.1 Å². The molecule has 0 radical (unpaired) electrons. The summed E-state index contributed by atoms with van der Waals surface area (Å²) >= 11 is 11.4. The van der Waals surface area contributed by atoms with Crippen LogP contribution in [0.1, 0.15) is 10.4 Å². The van der Waals surface area contributed by atoms with Crippen molar-refractivity contribution in [2.75, 3.05) is 5.32 Å². The third kappa shape index (κ3) is 6.14. The molecule has 2 aromatic rings. The molecule has 0 bridgehead atoms. The fourth-order valence-corrected chi connectivity index (χ4v) is 2.46. The van der Waals surface area contributed by atoms with Gasteiger partial charge in [0, 0.05) is 6.07 Å². The van der Waals surface area contributed by atoms with Gasteiger partial charge >= 0.3 is 18.3 Å². The molecule has 2 aromatic carbocycles. The van der Waals surface area contributed by atoms with Crippen molar-refractivity contribution in [3.63, 3.8) is 0 Å². The van der Waals surface area contributed by atoms with E-state index in [0.717, 1.165) is 12.1 Å². The number of ether oxygens (including phenoxy) is 1. The number of hydrogen-bond donors (Lipinski definition) is 2. The number of nitrogens with one attached hydrogen (secondary N) is 2. The van der Waals surface area contributed by atoms with E-state index >= 15 is 0 Å². The highest BCUT2D eigenvalue weighted by molar-refractivity contribution is 6.36. The van der Waals surface area contributed by atoms with E-state index in [1.54, 1.807) is 5.32 Å². The molecule has 31 heavy (non-hydrogen) atoms. The summed E-state index contributed by atoms with van der Waals surface area (Å²) in [7, 11) is 0. The molecule has 168 valence electrons. The Hall–Kier alpha value is -2.73. The fourth-order valence-electron chi connectivity index (χ4n) is 2.06. The summed E-state index contributed by atoms with van der Waals surface area (Å²) in [6.45, 7) is 0. The minimum atomic E-state index is -5.91. The van der Waals surface area contributed by atoms with Gasteiger partial charge in [0.2, 0.25) is 0 Å². The van der Waals surface area contributed by atoms with Gasteiger partial charge in [-0.2, -0.15) is 22.0 Å². The lowest BCUT2D eigenvalue weighted by molar-refractivity contribution is -0.304. The first-order valence-electron chi connectivity index (χ1n) is 7.86. The maximum Gasteiger partial charge on any atom is 0.439 e. The topological polar surface area (TPSA) is 67.4 Å². The highest BCUT2D eigenvalue weighted by atomic mass is 35.5. The van der Waals surface area contributed by atoms with Crippen LogP contribution in [0.3, 0.4) is 0 Å². The molecule has 3 amide bonds. The number of amides is 3. The van der Waals surface area contributed by atoms with Crippen LogP contribution < -0.4 is 15.4 Å². The van der Waals surface area contributed by atoms with E-state index in [0.29, 0.717) is 12.1 Å². The number of carbonyl (C=O) groups excluding carboxylic acids is 2. The van der Waals surface area contributed by atoms with E-state index in [4.69, 9.17) is 23.2 Å². The van der Waals surface area contributed by atoms with Crippen molar-refractivity contribution < 1.29 is 45.1 Å². The number of rotatable bonds is 5. The molecule has 0 saturated heterocycles. The Morgan fingerprint density at radius 1 is 1.00 bits per heavy atom. The fraction of sp³-hybridized carbons (Fsp3) is 0.176. The van der Waals surface area contributed by atoms with Crippen LogP contribution in [0.25, 0.3) is 0 Å². The van der Waals surface area contributed by atoms with E-state index < -0.39 is 57.6 Å². The van der Waals surface area contributed by atoms with Crippen molar-refractivity contribution >= 4 is 40.8 Å². The average Bonchev–Trinajstić information content (AvgIpc) is 2.64. The second kappa shape index (κ2) is 9.18. The van der Waals surface area contributed by atoms with Crippen LogP contribution in [0.15, 0.2) is 36.4 Å². The molecule has 5 nitrogen and oxygen atoms in total. The lowest BCUT2D eigenvalue weighted by Gasteiger charge is -2.24. The summed E-state index contributed by atoms with van der Waals surface area (Å²) in [6.07, 6.45) is -15.9. The van der Waals surface area contributed by atoms with Crippen molar-refractivity contribution in [1.82, 2.24) is 5.32 Å². The maximum absolute atomic E-state index is 13.5. The molecule has 2 rings (SSSR count). The summed E-state index contributed by atoms with van der Waals surface area (Å²) in [5, 5.41) is 2.43. The number of hydrogen-bond acceptors (Lipinski definition) is 3. The van der Waals surface area contributed by atoms with Gasteiger partial charge in [-0.1, -0.05) is 35.3 Å². The van der Waals surface area contributed by atoms with Crippen molar-refractivity contribution in [3.05, 3.63) is 57.8 Å². The first-order valence-corrected chi connectivity index (χ1v) is 8.61. The van der Waals surface area contributed by atoms with Crippen LogP contribution in [0.5, 0.6) is 5.75 Å². The average molecular weight is 493 g/mol. The molecule has 14 heteroatoms. The highest BCUT2D eigenvalue weighted by Gasteiger charge is 2.59. The second-order valence-corrected chi connectivity index (χ2v) is 6.53. The largest absolute Gasteiger partial charge is 0.439 e. The zero-order chi connectivity index (χ0) is 23.6. The summed E-state index contributed by atoms with van der Waals surface area (Å²) in [5.41, 5.74) is -0.841. The minimum Gasteiger partial charge on any atom is -0.428 e. The van der Waals surface area contributed by atoms with Crippen molar-refractivity contribution in [2.24, 2.45) is 0 Å². The zero-order valence-electron chi connectivity index (χ0n) is 14.7. The monoisotopic (exact) mass is 492 g/mol. The molecule has 0 fully saturated rings. The van der Waals surface area contributed by atoms with Crippen molar-refractivity contribution in [1.29, 1.82) is 0 Å². The molecule has 0 saturated carbocycles. The number of alkyl halides is 6. The Morgan fingerprint density at radius 3 is 2.19 bits per heavy atom. The number of urea groups is 1. The van der Waals surface area contributed by atoms with E-state index in [1.807, 2.05) is 5.32 Å². The molecule has 0 aliphatic heterocycles. The minimum absolute atomic E-state index is 0.381. The third-order valence-electron chi connectivity index (χ3n) is 3.44. The first-order chi connectivity index (χ1) is 14.2. The zero-order valence-corrected chi connectivity index (χ0v) is 16.2. The molecule has 0 aliphatic rings. The van der Waals surface area contributed by atoms with Gasteiger partial charge in [0.1, 0.15) is 11.6 Å². The van der Waals surface area contributed by atoms with Gasteiger partial charge < -0.3 is 10.1 Å². The van der Waals surface area contributed by atoms with E-state index in [1.165, 1.54) is 12.1 Å². The lowest BCUT2D eigenvalue weighted by atomic mass is 10.2. The lowest BCUT2D eigenvalue weighted by Crippen LogP contribution is -2.45. The number of halogens is 9. The standard InChI is InChI=1S/C17H9Cl2F7N2O3/c18-8-6-12(31-17(25,26)14(21)16(22,23)24)9(19)5-11(8)27-15(30)28-13(29)7-3-1-2-4-10(7)20/h1-6,14H,(H2,27,28,29,30). The second-order valence-electron chi connectivity index (χ2n) is 5.72. The Balaban J connectivity index is 2.14. The first kappa shape index (κ1) is 24.5. The van der Waals surface area contributed by atoms with Crippen LogP contribution in [0.2, 0.25) is 10.0 Å². The molecular weight excluding hydrogens is 484 g/mol. The number of anilines is 1. The van der Waals surface area contributed by atoms with Crippen LogP contribution in [-0.4, -0.2) is 30.4 Å². The highest BCUT2D eigenvalue weighted by Crippen LogP contribution is 2.41. The normalized spacial score (nSPS) is 12.8. The predicted octanol–water partition coefficient (Wildman–Crippen LogP) is 5.97. The van der Waals surface area contributed by atoms with Gasteiger partial charge in [-0.3, -0.25) is 10.1 Å². The smallest absolute Gasteiger partial charge is 0.428 e. The van der Waals surface area contributed by atoms with Gasteiger partial charge in [0.05, 0.1) is 21.3 Å². The SMILES string of the molecule is O=C(NC(=O)c1ccccc1F)Nc1cc(Cl)c(OC(F)(F)C(F)C(F)(F)F)cc1Cl. The van der Waals surface area contributed by atoms with E-state index in [-0.39, 0.29) is 5.69 Å².